The quantitative estimate of drug-likeness (QED) is 0.899. The van der Waals surface area contributed by atoms with Crippen LogP contribution in [0.25, 0.3) is 0 Å². The van der Waals surface area contributed by atoms with Crippen molar-refractivity contribution in [3.63, 3.8) is 0 Å². The number of anilines is 1. The van der Waals surface area contributed by atoms with E-state index in [0.29, 0.717) is 6.04 Å². The number of nitrogens with one attached hydrogen (secondary N) is 2. The van der Waals surface area contributed by atoms with E-state index in [1.54, 1.807) is 7.11 Å². The zero-order valence-electron chi connectivity index (χ0n) is 11.5. The third kappa shape index (κ3) is 2.36. The Morgan fingerprint density at radius 3 is 2.50 bits per heavy atom. The minimum atomic E-state index is 0.492. The number of methoxy groups -OCH3 is 1. The molecule has 1 saturated heterocycles. The van der Waals surface area contributed by atoms with E-state index < -0.39 is 0 Å². The van der Waals surface area contributed by atoms with Gasteiger partial charge in [-0.25, -0.2) is 0 Å². The van der Waals surface area contributed by atoms with Gasteiger partial charge in [0.05, 0.1) is 12.8 Å². The molecule has 2 N–H and O–H groups in total. The molecule has 0 bridgehead atoms. The molecular weight excluding hydrogens is 292 g/mol. The highest BCUT2D eigenvalue weighted by Crippen LogP contribution is 2.40. The minimum Gasteiger partial charge on any atom is -0.494 e. The molecule has 0 aromatic heterocycles. The van der Waals surface area contributed by atoms with Crippen molar-refractivity contribution < 1.29 is 4.74 Å². The van der Waals surface area contributed by atoms with Crippen LogP contribution in [0, 0.1) is 20.8 Å². The van der Waals surface area contributed by atoms with E-state index in [9.17, 15) is 0 Å². The smallest absolute Gasteiger partial charge is 0.145 e. The van der Waals surface area contributed by atoms with Crippen molar-refractivity contribution in [2.45, 2.75) is 33.2 Å². The Labute approximate surface area is 117 Å². The van der Waals surface area contributed by atoms with Crippen molar-refractivity contribution in [1.82, 2.24) is 5.32 Å². The number of halogens is 1. The van der Waals surface area contributed by atoms with Crippen LogP contribution in [0.4, 0.5) is 5.69 Å². The lowest BCUT2D eigenvalue weighted by Gasteiger charge is -2.22. The second-order valence-corrected chi connectivity index (χ2v) is 5.72. The lowest BCUT2D eigenvalue weighted by atomic mass is 10.0. The van der Waals surface area contributed by atoms with Crippen LogP contribution in [0.3, 0.4) is 0 Å². The third-order valence-electron chi connectivity index (χ3n) is 3.78. The molecule has 1 aliphatic heterocycles. The van der Waals surface area contributed by atoms with Gasteiger partial charge in [0.2, 0.25) is 0 Å². The second kappa shape index (κ2) is 5.49. The van der Waals surface area contributed by atoms with Crippen molar-refractivity contribution in [2.75, 3.05) is 25.5 Å². The third-order valence-corrected chi connectivity index (χ3v) is 4.97. The van der Waals surface area contributed by atoms with Crippen LogP contribution >= 0.6 is 15.9 Å². The lowest BCUT2D eigenvalue weighted by Crippen LogP contribution is -2.23. The molecule has 0 amide bonds. The van der Waals surface area contributed by atoms with Gasteiger partial charge >= 0.3 is 0 Å². The summed E-state index contributed by atoms with van der Waals surface area (Å²) in [6.45, 7) is 8.47. The normalized spacial score (nSPS) is 19.1. The van der Waals surface area contributed by atoms with Crippen LogP contribution in [0.2, 0.25) is 0 Å². The molecule has 2 rings (SSSR count). The van der Waals surface area contributed by atoms with Gasteiger partial charge < -0.3 is 15.4 Å². The van der Waals surface area contributed by atoms with Crippen molar-refractivity contribution >= 4 is 21.6 Å². The number of ether oxygens (including phenoxy) is 1. The molecule has 1 aromatic rings. The van der Waals surface area contributed by atoms with Crippen molar-refractivity contribution in [2.24, 2.45) is 0 Å². The monoisotopic (exact) mass is 312 g/mol. The highest BCUT2D eigenvalue weighted by Gasteiger charge is 2.21. The average Bonchev–Trinajstić information content (AvgIpc) is 2.87. The molecule has 1 unspecified atom stereocenters. The number of hydrogen-bond acceptors (Lipinski definition) is 3. The maximum atomic E-state index is 5.60. The van der Waals surface area contributed by atoms with Gasteiger partial charge in [0.1, 0.15) is 5.75 Å². The molecule has 100 valence electrons. The Morgan fingerprint density at radius 2 is 1.94 bits per heavy atom. The molecule has 3 nitrogen and oxygen atoms in total. The predicted molar refractivity (Wildman–Crippen MR) is 79.8 cm³/mol. The van der Waals surface area contributed by atoms with E-state index >= 15 is 0 Å². The van der Waals surface area contributed by atoms with E-state index in [2.05, 4.69) is 47.3 Å². The van der Waals surface area contributed by atoms with E-state index in [4.69, 9.17) is 4.74 Å². The molecular formula is C14H21BrN2O. The molecule has 0 spiro atoms. The van der Waals surface area contributed by atoms with Gasteiger partial charge in [-0.05, 0) is 50.4 Å². The van der Waals surface area contributed by atoms with Gasteiger partial charge in [-0.3, -0.25) is 0 Å². The highest BCUT2D eigenvalue weighted by atomic mass is 79.9. The summed E-state index contributed by atoms with van der Waals surface area (Å²) in [6.07, 6.45) is 1.16. The van der Waals surface area contributed by atoms with Crippen LogP contribution in [0.5, 0.6) is 5.75 Å². The number of hydrogen-bond donors (Lipinski definition) is 2. The lowest BCUT2D eigenvalue weighted by molar-refractivity contribution is 0.412. The van der Waals surface area contributed by atoms with Crippen molar-refractivity contribution in [1.29, 1.82) is 0 Å². The first kappa shape index (κ1) is 13.7. The highest BCUT2D eigenvalue weighted by molar-refractivity contribution is 9.10. The largest absolute Gasteiger partial charge is 0.494 e. The van der Waals surface area contributed by atoms with E-state index in [-0.39, 0.29) is 0 Å². The Balaban J connectivity index is 2.43. The topological polar surface area (TPSA) is 33.3 Å². The van der Waals surface area contributed by atoms with Crippen LogP contribution in [0.1, 0.15) is 23.1 Å². The Hall–Kier alpha value is -0.740. The van der Waals surface area contributed by atoms with Crippen LogP contribution in [-0.2, 0) is 0 Å². The summed E-state index contributed by atoms with van der Waals surface area (Å²) >= 11 is 3.68. The van der Waals surface area contributed by atoms with Crippen LogP contribution < -0.4 is 15.4 Å². The fraction of sp³-hybridized carbons (Fsp3) is 0.571. The van der Waals surface area contributed by atoms with Gasteiger partial charge in [0.25, 0.3) is 0 Å². The molecule has 1 aliphatic rings. The average molecular weight is 313 g/mol. The first-order valence-corrected chi connectivity index (χ1v) is 7.16. The molecule has 1 heterocycles. The maximum absolute atomic E-state index is 5.60. The standard InChI is InChI=1S/C14H21BrN2O/c1-8-9(2)14(18-4)13(10(3)12(8)15)17-11-5-6-16-7-11/h11,16-17H,5-7H2,1-4H3. The van der Waals surface area contributed by atoms with E-state index in [1.165, 1.54) is 21.2 Å². The van der Waals surface area contributed by atoms with E-state index in [0.717, 1.165) is 30.9 Å². The summed E-state index contributed by atoms with van der Waals surface area (Å²) in [4.78, 5) is 0. The second-order valence-electron chi connectivity index (χ2n) is 4.93. The van der Waals surface area contributed by atoms with Crippen molar-refractivity contribution in [3.8, 4) is 5.75 Å². The molecule has 0 aliphatic carbocycles. The molecule has 0 saturated carbocycles. The first-order valence-electron chi connectivity index (χ1n) is 6.36. The number of benzene rings is 1. The van der Waals surface area contributed by atoms with Crippen LogP contribution in [-0.4, -0.2) is 26.2 Å². The van der Waals surface area contributed by atoms with Gasteiger partial charge in [0, 0.05) is 17.1 Å². The Morgan fingerprint density at radius 1 is 1.22 bits per heavy atom. The summed E-state index contributed by atoms with van der Waals surface area (Å²) in [6, 6.07) is 0.492. The fourth-order valence-corrected chi connectivity index (χ4v) is 2.99. The van der Waals surface area contributed by atoms with Crippen molar-refractivity contribution in [3.05, 3.63) is 21.2 Å². The summed E-state index contributed by atoms with van der Waals surface area (Å²) in [5.41, 5.74) is 4.80. The number of rotatable bonds is 3. The molecule has 1 atom stereocenters. The predicted octanol–water partition coefficient (Wildman–Crippen LogP) is 3.16. The maximum Gasteiger partial charge on any atom is 0.145 e. The zero-order valence-corrected chi connectivity index (χ0v) is 13.1. The molecule has 1 fully saturated rings. The van der Waals surface area contributed by atoms with Gasteiger partial charge in [-0.2, -0.15) is 0 Å². The van der Waals surface area contributed by atoms with Gasteiger partial charge in [0.15, 0.2) is 0 Å². The SMILES string of the molecule is COc1c(C)c(C)c(Br)c(C)c1NC1CCNC1. The summed E-state index contributed by atoms with van der Waals surface area (Å²) < 4.78 is 6.77. The molecule has 1 aromatic carbocycles. The first-order chi connectivity index (χ1) is 8.56. The Kier molecular flexibility index (Phi) is 4.17. The molecule has 18 heavy (non-hydrogen) atoms. The summed E-state index contributed by atoms with van der Waals surface area (Å²) in [5.74, 6) is 0.972. The molecule has 4 heteroatoms. The van der Waals surface area contributed by atoms with Gasteiger partial charge in [-0.15, -0.1) is 0 Å². The molecule has 0 radical (unpaired) electrons. The van der Waals surface area contributed by atoms with E-state index in [1.807, 2.05) is 0 Å². The van der Waals surface area contributed by atoms with Gasteiger partial charge in [-0.1, -0.05) is 15.9 Å². The van der Waals surface area contributed by atoms with Crippen LogP contribution in [0.15, 0.2) is 4.47 Å². The zero-order chi connectivity index (χ0) is 13.3. The fourth-order valence-electron chi connectivity index (χ4n) is 2.49. The summed E-state index contributed by atoms with van der Waals surface area (Å²) in [5, 5.41) is 7.00. The minimum absolute atomic E-state index is 0.492. The Bertz CT molecular complexity index is 454. The summed E-state index contributed by atoms with van der Waals surface area (Å²) in [7, 11) is 1.74.